The molecule has 0 bridgehead atoms. The molecule has 7 heteroatoms. The van der Waals surface area contributed by atoms with Crippen molar-refractivity contribution in [3.05, 3.63) is 52.8 Å². The Bertz CT molecular complexity index is 860. The molecular weight excluding hydrogens is 319 g/mol. The topological polar surface area (TPSA) is 59.8 Å². The van der Waals surface area contributed by atoms with Crippen molar-refractivity contribution in [2.45, 2.75) is 20.1 Å². The van der Waals surface area contributed by atoms with Crippen molar-refractivity contribution in [3.8, 4) is 0 Å². The van der Waals surface area contributed by atoms with E-state index in [-0.39, 0.29) is 5.91 Å². The number of rotatable bonds is 4. The number of benzene rings is 1. The maximum atomic E-state index is 12.6. The lowest BCUT2D eigenvalue weighted by Crippen LogP contribution is -2.08. The summed E-state index contributed by atoms with van der Waals surface area (Å²) in [5.41, 5.74) is 2.31. The molecule has 1 N–H and O–H groups in total. The standard InChI is InChI=1S/C16H14ClFN4O/c1-10(23)20-16-15-13(17)7-19-8-14(15)22(21-16)9-12-4-2-11(6-18)3-5-12/h2-5,7-8H,6,9H2,1H3,(H,20,21,23). The second kappa shape index (κ2) is 6.34. The molecule has 1 aromatic carbocycles. The van der Waals surface area contributed by atoms with Crippen LogP contribution in [0.25, 0.3) is 10.9 Å². The van der Waals surface area contributed by atoms with Crippen LogP contribution in [0, 0.1) is 0 Å². The highest BCUT2D eigenvalue weighted by Crippen LogP contribution is 2.29. The second-order valence-electron chi connectivity index (χ2n) is 5.15. The van der Waals surface area contributed by atoms with Crippen LogP contribution in [-0.2, 0) is 18.0 Å². The van der Waals surface area contributed by atoms with E-state index >= 15 is 0 Å². The number of fused-ring (bicyclic) bond motifs is 1. The Balaban J connectivity index is 2.02. The van der Waals surface area contributed by atoms with E-state index < -0.39 is 6.67 Å². The molecule has 118 valence electrons. The molecule has 2 heterocycles. The van der Waals surface area contributed by atoms with Gasteiger partial charge in [-0.25, -0.2) is 4.39 Å². The highest BCUT2D eigenvalue weighted by atomic mass is 35.5. The molecule has 5 nitrogen and oxygen atoms in total. The Hall–Kier alpha value is -2.47. The molecule has 0 saturated heterocycles. The number of aromatic nitrogens is 3. The molecule has 0 aliphatic rings. The van der Waals surface area contributed by atoms with E-state index in [9.17, 15) is 9.18 Å². The average Bonchev–Trinajstić information content (AvgIpc) is 2.86. The van der Waals surface area contributed by atoms with Gasteiger partial charge in [-0.3, -0.25) is 14.5 Å². The van der Waals surface area contributed by atoms with E-state index in [0.717, 1.165) is 11.1 Å². The molecule has 0 saturated carbocycles. The number of nitrogens with zero attached hydrogens (tertiary/aromatic N) is 3. The minimum Gasteiger partial charge on any atom is -0.309 e. The predicted molar refractivity (Wildman–Crippen MR) is 87.2 cm³/mol. The summed E-state index contributed by atoms with van der Waals surface area (Å²) in [5, 5.41) is 8.17. The van der Waals surface area contributed by atoms with Crippen molar-refractivity contribution in [2.75, 3.05) is 5.32 Å². The molecule has 2 aromatic heterocycles. The summed E-state index contributed by atoms with van der Waals surface area (Å²) in [5.74, 6) is 0.178. The number of carbonyl (C=O) groups excluding carboxylic acids is 1. The summed E-state index contributed by atoms with van der Waals surface area (Å²) >= 11 is 6.19. The third-order valence-corrected chi connectivity index (χ3v) is 3.71. The van der Waals surface area contributed by atoms with Crippen LogP contribution < -0.4 is 5.32 Å². The van der Waals surface area contributed by atoms with Gasteiger partial charge in [0.2, 0.25) is 5.91 Å². The van der Waals surface area contributed by atoms with Crippen molar-refractivity contribution < 1.29 is 9.18 Å². The Morgan fingerprint density at radius 3 is 2.61 bits per heavy atom. The number of carbonyl (C=O) groups is 1. The zero-order chi connectivity index (χ0) is 16.4. The van der Waals surface area contributed by atoms with Crippen LogP contribution in [-0.4, -0.2) is 20.7 Å². The van der Waals surface area contributed by atoms with Gasteiger partial charge in [0.05, 0.1) is 28.7 Å². The first-order valence-electron chi connectivity index (χ1n) is 7.00. The van der Waals surface area contributed by atoms with Crippen LogP contribution >= 0.6 is 11.6 Å². The van der Waals surface area contributed by atoms with E-state index in [0.29, 0.717) is 28.3 Å². The average molecular weight is 333 g/mol. The molecule has 0 aliphatic heterocycles. The van der Waals surface area contributed by atoms with Crippen LogP contribution in [0.4, 0.5) is 10.2 Å². The molecule has 0 unspecified atom stereocenters. The first-order valence-corrected chi connectivity index (χ1v) is 7.37. The fraction of sp³-hybridized carbons (Fsp3) is 0.188. The third kappa shape index (κ3) is 3.17. The lowest BCUT2D eigenvalue weighted by molar-refractivity contribution is -0.114. The monoisotopic (exact) mass is 332 g/mol. The van der Waals surface area contributed by atoms with Gasteiger partial charge in [-0.15, -0.1) is 0 Å². The largest absolute Gasteiger partial charge is 0.309 e. The zero-order valence-electron chi connectivity index (χ0n) is 12.4. The van der Waals surface area contributed by atoms with Gasteiger partial charge in [0.25, 0.3) is 0 Å². The highest BCUT2D eigenvalue weighted by Gasteiger charge is 2.15. The zero-order valence-corrected chi connectivity index (χ0v) is 13.1. The predicted octanol–water partition coefficient (Wildman–Crippen LogP) is 3.56. The number of nitrogens with one attached hydrogen (secondary N) is 1. The van der Waals surface area contributed by atoms with Crippen LogP contribution in [0.1, 0.15) is 18.1 Å². The van der Waals surface area contributed by atoms with Crippen LogP contribution in [0.5, 0.6) is 0 Å². The number of amides is 1. The van der Waals surface area contributed by atoms with Crippen LogP contribution in [0.2, 0.25) is 5.02 Å². The minimum absolute atomic E-state index is 0.225. The van der Waals surface area contributed by atoms with Gasteiger partial charge in [-0.05, 0) is 11.1 Å². The number of anilines is 1. The van der Waals surface area contributed by atoms with Crippen LogP contribution in [0.15, 0.2) is 36.7 Å². The number of pyridine rings is 1. The fourth-order valence-electron chi connectivity index (χ4n) is 2.36. The van der Waals surface area contributed by atoms with Gasteiger partial charge < -0.3 is 5.32 Å². The summed E-state index contributed by atoms with van der Waals surface area (Å²) < 4.78 is 14.3. The molecule has 0 radical (unpaired) electrons. The Morgan fingerprint density at radius 1 is 1.26 bits per heavy atom. The summed E-state index contributed by atoms with van der Waals surface area (Å²) in [6.07, 6.45) is 3.16. The summed E-state index contributed by atoms with van der Waals surface area (Å²) in [4.78, 5) is 15.4. The van der Waals surface area contributed by atoms with E-state index in [4.69, 9.17) is 11.6 Å². The maximum absolute atomic E-state index is 12.6. The van der Waals surface area contributed by atoms with E-state index in [1.165, 1.54) is 13.1 Å². The van der Waals surface area contributed by atoms with E-state index in [1.807, 2.05) is 12.1 Å². The van der Waals surface area contributed by atoms with Crippen molar-refractivity contribution in [1.82, 2.24) is 14.8 Å². The van der Waals surface area contributed by atoms with Gasteiger partial charge in [0.15, 0.2) is 5.82 Å². The van der Waals surface area contributed by atoms with Gasteiger partial charge in [0, 0.05) is 13.1 Å². The number of hydrogen-bond acceptors (Lipinski definition) is 3. The molecule has 0 fully saturated rings. The van der Waals surface area contributed by atoms with Crippen molar-refractivity contribution in [1.29, 1.82) is 0 Å². The SMILES string of the molecule is CC(=O)Nc1nn(Cc2ccc(CF)cc2)c2cncc(Cl)c12. The Kier molecular flexibility index (Phi) is 4.25. The third-order valence-electron chi connectivity index (χ3n) is 3.42. The first kappa shape index (κ1) is 15.4. The Labute approximate surface area is 137 Å². The smallest absolute Gasteiger partial charge is 0.222 e. The molecule has 3 aromatic rings. The molecule has 0 atom stereocenters. The Morgan fingerprint density at radius 2 is 1.96 bits per heavy atom. The number of halogens is 2. The van der Waals surface area contributed by atoms with Crippen molar-refractivity contribution in [3.63, 3.8) is 0 Å². The maximum Gasteiger partial charge on any atom is 0.222 e. The highest BCUT2D eigenvalue weighted by molar-refractivity contribution is 6.36. The van der Waals surface area contributed by atoms with Gasteiger partial charge in [-0.2, -0.15) is 5.10 Å². The molecule has 1 amide bonds. The van der Waals surface area contributed by atoms with Gasteiger partial charge in [-0.1, -0.05) is 35.9 Å². The summed E-state index contributed by atoms with van der Waals surface area (Å²) in [6.45, 7) is 1.39. The lowest BCUT2D eigenvalue weighted by atomic mass is 10.1. The molecular formula is C16H14ClFN4O. The number of hydrogen-bond donors (Lipinski definition) is 1. The molecule has 3 rings (SSSR count). The summed E-state index contributed by atoms with van der Waals surface area (Å²) in [7, 11) is 0. The van der Waals surface area contributed by atoms with Crippen molar-refractivity contribution in [2.24, 2.45) is 0 Å². The first-order chi connectivity index (χ1) is 11.1. The second-order valence-corrected chi connectivity index (χ2v) is 5.56. The normalized spacial score (nSPS) is 10.9. The molecule has 0 spiro atoms. The van der Waals surface area contributed by atoms with E-state index in [1.54, 1.807) is 23.0 Å². The molecule has 23 heavy (non-hydrogen) atoms. The van der Waals surface area contributed by atoms with Gasteiger partial charge >= 0.3 is 0 Å². The quantitative estimate of drug-likeness (QED) is 0.794. The number of alkyl halides is 1. The minimum atomic E-state index is -0.489. The molecule has 0 aliphatic carbocycles. The van der Waals surface area contributed by atoms with Gasteiger partial charge in [0.1, 0.15) is 6.67 Å². The lowest BCUT2D eigenvalue weighted by Gasteiger charge is -2.04. The van der Waals surface area contributed by atoms with Crippen molar-refractivity contribution >= 4 is 34.2 Å². The van der Waals surface area contributed by atoms with E-state index in [2.05, 4.69) is 15.4 Å². The fourth-order valence-corrected chi connectivity index (χ4v) is 2.60. The summed E-state index contributed by atoms with van der Waals surface area (Å²) in [6, 6.07) is 7.17. The van der Waals surface area contributed by atoms with Crippen LogP contribution in [0.3, 0.4) is 0 Å².